The molecule has 0 unspecified atom stereocenters. The summed E-state index contributed by atoms with van der Waals surface area (Å²) >= 11 is 0. The molecule has 5 atom stereocenters. The first-order valence-electron chi connectivity index (χ1n) is 14.9. The van der Waals surface area contributed by atoms with Gasteiger partial charge in [0.1, 0.15) is 11.9 Å². The van der Waals surface area contributed by atoms with E-state index in [9.17, 15) is 27.9 Å². The third-order valence-electron chi connectivity index (χ3n) is 10.3. The Balaban J connectivity index is 1.22. The molecule has 5 aliphatic rings. The molecule has 1 amide bonds. The van der Waals surface area contributed by atoms with Gasteiger partial charge in [-0.2, -0.15) is 13.2 Å². The highest BCUT2D eigenvalue weighted by Crippen LogP contribution is 2.65. The number of ether oxygens (including phenoxy) is 2. The molecule has 1 spiro atoms. The van der Waals surface area contributed by atoms with Crippen molar-refractivity contribution in [3.05, 3.63) is 52.6 Å². The minimum atomic E-state index is -4.45. The van der Waals surface area contributed by atoms with Gasteiger partial charge in [0, 0.05) is 60.7 Å². The average Bonchev–Trinajstić information content (AvgIpc) is 3.71. The number of phenols is 1. The Morgan fingerprint density at radius 1 is 1.19 bits per heavy atom. The zero-order valence-electron chi connectivity index (χ0n) is 24.0. The normalized spacial score (nSPS) is 28.7. The number of carbonyl (C=O) groups excluding carboxylic acids is 2. The lowest BCUT2D eigenvalue weighted by Crippen LogP contribution is -2.69. The van der Waals surface area contributed by atoms with E-state index in [2.05, 4.69) is 16.7 Å². The summed E-state index contributed by atoms with van der Waals surface area (Å²) in [6, 6.07) is 5.79. The molecule has 3 aliphatic carbocycles. The summed E-state index contributed by atoms with van der Waals surface area (Å²) in [4.78, 5) is 29.6. The van der Waals surface area contributed by atoms with Crippen LogP contribution in [0.5, 0.6) is 17.2 Å². The molecule has 2 aliphatic heterocycles. The lowest BCUT2D eigenvalue weighted by molar-refractivity contribution is -0.137. The van der Waals surface area contributed by atoms with Crippen LogP contribution in [0.4, 0.5) is 13.2 Å². The number of alkyl halides is 3. The van der Waals surface area contributed by atoms with Gasteiger partial charge in [-0.15, -0.1) is 0 Å². The molecule has 2 aromatic carbocycles. The Labute approximate surface area is 247 Å². The number of nitrogens with zero attached hydrogens (tertiary/aromatic N) is 2. The summed E-state index contributed by atoms with van der Waals surface area (Å²) in [7, 11) is 1.69. The summed E-state index contributed by atoms with van der Waals surface area (Å²) in [5.41, 5.74) is 0.905. The highest BCUT2D eigenvalue weighted by atomic mass is 19.4. The molecule has 2 bridgehead atoms. The molecule has 7 rings (SSSR count). The maximum Gasteiger partial charge on any atom is 0.416 e. The molecule has 0 aromatic heterocycles. The number of piperidine rings is 1. The number of hydrogen-bond acceptors (Lipinski definition) is 6. The van der Waals surface area contributed by atoms with E-state index in [4.69, 9.17) is 9.47 Å². The molecule has 7 nitrogen and oxygen atoms in total. The maximum absolute atomic E-state index is 13.4. The van der Waals surface area contributed by atoms with Gasteiger partial charge < -0.3 is 19.5 Å². The predicted octanol–water partition coefficient (Wildman–Crippen LogP) is 4.66. The van der Waals surface area contributed by atoms with E-state index in [1.807, 2.05) is 0 Å². The highest BCUT2D eigenvalue weighted by molar-refractivity contribution is 5.94. The maximum atomic E-state index is 13.4. The Hall–Kier alpha value is -3.71. The van der Waals surface area contributed by atoms with Crippen molar-refractivity contribution < 1.29 is 37.3 Å². The van der Waals surface area contributed by atoms with Crippen LogP contribution in [0.15, 0.2) is 30.3 Å². The monoisotopic (exact) mass is 594 g/mol. The molecule has 2 heterocycles. The molecular weight excluding hydrogens is 561 g/mol. The Kier molecular flexibility index (Phi) is 6.47. The number of carbonyl (C=O) groups is 2. The molecule has 2 saturated carbocycles. The zero-order valence-corrected chi connectivity index (χ0v) is 24.0. The molecule has 1 N–H and O–H groups in total. The summed E-state index contributed by atoms with van der Waals surface area (Å²) in [6.07, 6.45) is 0.682. The Bertz CT molecular complexity index is 1560. The van der Waals surface area contributed by atoms with E-state index in [0.717, 1.165) is 55.1 Å². The van der Waals surface area contributed by atoms with Crippen molar-refractivity contribution in [1.82, 2.24) is 9.80 Å². The van der Waals surface area contributed by atoms with Crippen LogP contribution in [0.1, 0.15) is 61.3 Å². The van der Waals surface area contributed by atoms with Gasteiger partial charge in [0.2, 0.25) is 0 Å². The van der Waals surface area contributed by atoms with Gasteiger partial charge in [0.25, 0.3) is 5.91 Å². The van der Waals surface area contributed by atoms with Crippen LogP contribution in [0.25, 0.3) is 0 Å². The summed E-state index contributed by atoms with van der Waals surface area (Å²) in [5.74, 6) is 6.09. The molecular formula is C33H33F3N2O5. The van der Waals surface area contributed by atoms with Gasteiger partial charge in [-0.05, 0) is 81.2 Å². The highest BCUT2D eigenvalue weighted by Gasteiger charge is 2.67. The number of likely N-dealkylation sites (N-methyl/N-ethyl adjacent to an activating group) is 1. The summed E-state index contributed by atoms with van der Waals surface area (Å²) in [5, 5.41) is 11.1. The third-order valence-corrected chi connectivity index (χ3v) is 10.3. The van der Waals surface area contributed by atoms with Crippen LogP contribution in [-0.2, 0) is 27.6 Å². The predicted molar refractivity (Wildman–Crippen MR) is 150 cm³/mol. The second-order valence-electron chi connectivity index (χ2n) is 12.7. The zero-order chi connectivity index (χ0) is 30.3. The van der Waals surface area contributed by atoms with Crippen LogP contribution >= 0.6 is 0 Å². The van der Waals surface area contributed by atoms with Crippen molar-refractivity contribution >= 4 is 11.9 Å². The van der Waals surface area contributed by atoms with Gasteiger partial charge in [-0.3, -0.25) is 14.5 Å². The van der Waals surface area contributed by atoms with E-state index in [-0.39, 0.29) is 23.8 Å². The average molecular weight is 595 g/mol. The van der Waals surface area contributed by atoms with E-state index in [1.165, 1.54) is 38.0 Å². The number of hydrogen-bond donors (Lipinski definition) is 1. The van der Waals surface area contributed by atoms with Gasteiger partial charge >= 0.3 is 12.1 Å². The smallest absolute Gasteiger partial charge is 0.416 e. The fourth-order valence-electron chi connectivity index (χ4n) is 8.26. The first-order chi connectivity index (χ1) is 20.5. The third kappa shape index (κ3) is 4.55. The second-order valence-corrected chi connectivity index (χ2v) is 12.7. The van der Waals surface area contributed by atoms with Crippen molar-refractivity contribution in [2.24, 2.45) is 11.8 Å². The van der Waals surface area contributed by atoms with Crippen molar-refractivity contribution in [3.8, 4) is 29.1 Å². The number of benzene rings is 2. The number of rotatable bonds is 4. The first kappa shape index (κ1) is 28.1. The fourth-order valence-corrected chi connectivity index (χ4v) is 8.26. The number of halogens is 3. The van der Waals surface area contributed by atoms with E-state index >= 15 is 0 Å². The molecule has 2 aromatic rings. The minimum Gasteiger partial charge on any atom is -0.504 e. The number of esters is 1. The minimum absolute atomic E-state index is 0.0776. The first-order valence-corrected chi connectivity index (χ1v) is 14.9. The number of likely N-dealkylation sites (tertiary alicyclic amines) is 1. The molecule has 226 valence electrons. The van der Waals surface area contributed by atoms with Gasteiger partial charge in [0.05, 0.1) is 11.6 Å². The lowest BCUT2D eigenvalue weighted by atomic mass is 9.50. The summed E-state index contributed by atoms with van der Waals surface area (Å²) < 4.78 is 51.1. The molecule has 43 heavy (non-hydrogen) atoms. The SMILES string of the molecule is CC(=O)Oc1cc(O)c2c3c1C[C@@H]1[C@@H]4CC[C@H](N(C)C(=O)C#Cc5ccc(C(F)(F)F)cc5)[C@H](O2)[C@]34CCN1CC1CC1. The topological polar surface area (TPSA) is 79.3 Å². The Morgan fingerprint density at radius 2 is 1.93 bits per heavy atom. The number of phenolic OH excluding ortho intramolecular Hbond substituents is 1. The molecule has 10 heteroatoms. The van der Waals surface area contributed by atoms with Crippen molar-refractivity contribution in [2.75, 3.05) is 20.1 Å². The largest absolute Gasteiger partial charge is 0.504 e. The van der Waals surface area contributed by atoms with Crippen LogP contribution < -0.4 is 9.47 Å². The van der Waals surface area contributed by atoms with E-state index in [0.29, 0.717) is 29.9 Å². The number of amides is 1. The van der Waals surface area contributed by atoms with Crippen LogP contribution in [0.2, 0.25) is 0 Å². The standard InChI is InChI=1S/C33H33F3N2O5/c1-18(39)42-27-16-26(40)30-29-22(27)15-25-23-10-11-24(31(43-30)32(23,29)13-14-38(25)17-20-3-4-20)37(2)28(41)12-7-19-5-8-21(9-6-19)33(34,35)36/h5-6,8-9,16,20,23-25,31,40H,3-4,10-11,13-15,17H2,1-2H3/t23-,24-,25+,31-,32-/m0/s1. The van der Waals surface area contributed by atoms with Crippen LogP contribution in [0.3, 0.4) is 0 Å². The number of aromatic hydroxyl groups is 1. The van der Waals surface area contributed by atoms with Crippen LogP contribution in [0, 0.1) is 23.7 Å². The van der Waals surface area contributed by atoms with E-state index < -0.39 is 35.1 Å². The lowest BCUT2D eigenvalue weighted by Gasteiger charge is -2.60. The van der Waals surface area contributed by atoms with E-state index in [1.54, 1.807) is 11.9 Å². The van der Waals surface area contributed by atoms with Crippen molar-refractivity contribution in [1.29, 1.82) is 0 Å². The fraction of sp³-hybridized carbons (Fsp3) is 0.515. The van der Waals surface area contributed by atoms with Crippen molar-refractivity contribution in [3.63, 3.8) is 0 Å². The van der Waals surface area contributed by atoms with Crippen molar-refractivity contribution in [2.45, 2.75) is 75.2 Å². The quantitative estimate of drug-likeness (QED) is 0.315. The second kappa shape index (κ2) is 9.91. The van der Waals surface area contributed by atoms with Crippen LogP contribution in [-0.4, -0.2) is 65.1 Å². The van der Waals surface area contributed by atoms with Gasteiger partial charge in [0.15, 0.2) is 11.5 Å². The van der Waals surface area contributed by atoms with Gasteiger partial charge in [-0.25, -0.2) is 0 Å². The summed E-state index contributed by atoms with van der Waals surface area (Å²) in [6.45, 7) is 3.28. The Morgan fingerprint density at radius 3 is 2.60 bits per heavy atom. The molecule has 0 radical (unpaired) electrons. The molecule has 3 fully saturated rings. The molecule has 1 saturated heterocycles. The van der Waals surface area contributed by atoms with Gasteiger partial charge in [-0.1, -0.05) is 5.92 Å².